The van der Waals surface area contributed by atoms with E-state index in [4.69, 9.17) is 0 Å². The molecule has 1 amide bonds. The van der Waals surface area contributed by atoms with Crippen LogP contribution in [0, 0.1) is 12.9 Å². The summed E-state index contributed by atoms with van der Waals surface area (Å²) >= 11 is 0. The summed E-state index contributed by atoms with van der Waals surface area (Å²) in [4.78, 5) is 22.0. The summed E-state index contributed by atoms with van der Waals surface area (Å²) < 4.78 is 17.0. The Bertz CT molecular complexity index is 1340. The van der Waals surface area contributed by atoms with E-state index in [0.717, 1.165) is 28.2 Å². The van der Waals surface area contributed by atoms with E-state index in [1.165, 1.54) is 10.6 Å². The molecule has 4 aromatic rings. The molecule has 1 unspecified atom stereocenters. The number of nitrogens with one attached hydrogen (secondary N) is 1. The van der Waals surface area contributed by atoms with E-state index >= 15 is 0 Å². The highest BCUT2D eigenvalue weighted by Gasteiger charge is 2.43. The molecule has 1 N–H and O–H groups in total. The molecule has 9 heteroatoms. The molecule has 0 radical (unpaired) electrons. The number of amides is 1. The number of nitrogens with zero attached hydrogens (tertiary/aromatic N) is 6. The van der Waals surface area contributed by atoms with Gasteiger partial charge in [0, 0.05) is 36.5 Å². The second-order valence-corrected chi connectivity index (χ2v) is 8.69. The molecule has 1 atom stereocenters. The third kappa shape index (κ3) is 3.17. The smallest absolute Gasteiger partial charge is 0.235 e. The minimum absolute atomic E-state index is 0.146. The number of halogens is 1. The Labute approximate surface area is 178 Å². The lowest BCUT2D eigenvalue weighted by Crippen LogP contribution is -2.21. The first kappa shape index (κ1) is 19.3. The molecule has 0 bridgehead atoms. The highest BCUT2D eigenvalue weighted by atomic mass is 19.1. The average Bonchev–Trinajstić information content (AvgIpc) is 3.36. The number of anilines is 1. The number of fused-ring (bicyclic) bond motifs is 3. The van der Waals surface area contributed by atoms with Gasteiger partial charge in [-0.1, -0.05) is 13.8 Å². The maximum atomic E-state index is 13.7. The third-order valence-corrected chi connectivity index (χ3v) is 5.83. The molecule has 4 heterocycles. The van der Waals surface area contributed by atoms with E-state index in [2.05, 4.69) is 25.5 Å². The van der Waals surface area contributed by atoms with Gasteiger partial charge < -0.3 is 5.32 Å². The fraction of sp³-hybridized carbons (Fsp3) is 0.318. The molecule has 1 aliphatic rings. The highest BCUT2D eigenvalue weighted by molar-refractivity contribution is 5.97. The van der Waals surface area contributed by atoms with E-state index < -0.39 is 11.9 Å². The summed E-state index contributed by atoms with van der Waals surface area (Å²) in [7, 11) is 1.86. The second kappa shape index (κ2) is 6.69. The fourth-order valence-electron chi connectivity index (χ4n) is 4.48. The number of aryl methyl sites for hydroxylation is 2. The number of carbonyl (C=O) groups is 1. The lowest BCUT2D eigenvalue weighted by molar-refractivity contribution is -0.117. The van der Waals surface area contributed by atoms with Crippen molar-refractivity contribution in [2.45, 2.75) is 38.5 Å². The number of hydrogen-bond acceptors (Lipinski definition) is 5. The van der Waals surface area contributed by atoms with Gasteiger partial charge in [-0.15, -0.1) is 5.10 Å². The van der Waals surface area contributed by atoms with Crippen molar-refractivity contribution in [3.05, 3.63) is 59.6 Å². The number of rotatable bonds is 3. The first-order valence-corrected chi connectivity index (χ1v) is 10.0. The molecule has 0 aliphatic heterocycles. The summed E-state index contributed by atoms with van der Waals surface area (Å²) in [6.45, 7) is 6.00. The van der Waals surface area contributed by atoms with Crippen molar-refractivity contribution in [2.75, 3.05) is 5.32 Å². The Balaban J connectivity index is 1.44. The van der Waals surface area contributed by atoms with Crippen LogP contribution in [0.15, 0.2) is 36.8 Å². The van der Waals surface area contributed by atoms with Gasteiger partial charge in [0.2, 0.25) is 11.9 Å². The zero-order valence-corrected chi connectivity index (χ0v) is 17.7. The van der Waals surface area contributed by atoms with Crippen LogP contribution in [0.5, 0.6) is 0 Å². The predicted molar refractivity (Wildman–Crippen MR) is 113 cm³/mol. The van der Waals surface area contributed by atoms with Crippen molar-refractivity contribution in [3.8, 4) is 11.4 Å². The molecular formula is C22H22FN7O. The van der Waals surface area contributed by atoms with Gasteiger partial charge in [0.05, 0.1) is 29.2 Å². The zero-order valence-electron chi connectivity index (χ0n) is 17.7. The van der Waals surface area contributed by atoms with Crippen molar-refractivity contribution >= 4 is 17.2 Å². The normalized spacial score (nSPS) is 17.1. The van der Waals surface area contributed by atoms with Gasteiger partial charge in [0.15, 0.2) is 5.65 Å². The standard InChI is InChI=1S/C22H22FN7O/c1-12-7-13(10-25-19(12)16-5-6-29(4)27-16)26-21(31)14-9-22(2,3)20-15(14)11-24-18-8-17(23)28-30(18)20/h5-8,10-11,14H,9H2,1-4H3,(H,26,31). The Morgan fingerprint density at radius 1 is 1.23 bits per heavy atom. The number of carbonyl (C=O) groups excluding carboxylic acids is 1. The molecule has 158 valence electrons. The lowest BCUT2D eigenvalue weighted by atomic mass is 9.88. The van der Waals surface area contributed by atoms with Crippen LogP contribution < -0.4 is 5.32 Å². The molecule has 31 heavy (non-hydrogen) atoms. The minimum atomic E-state index is -0.584. The van der Waals surface area contributed by atoms with Crippen LogP contribution >= 0.6 is 0 Å². The van der Waals surface area contributed by atoms with Gasteiger partial charge >= 0.3 is 0 Å². The Morgan fingerprint density at radius 2 is 2.03 bits per heavy atom. The third-order valence-electron chi connectivity index (χ3n) is 5.83. The van der Waals surface area contributed by atoms with E-state index in [9.17, 15) is 9.18 Å². The maximum Gasteiger partial charge on any atom is 0.235 e. The van der Waals surface area contributed by atoms with Gasteiger partial charge in [-0.2, -0.15) is 9.49 Å². The van der Waals surface area contributed by atoms with Crippen molar-refractivity contribution in [2.24, 2.45) is 7.05 Å². The van der Waals surface area contributed by atoms with Gasteiger partial charge in [-0.25, -0.2) is 9.50 Å². The predicted octanol–water partition coefficient (Wildman–Crippen LogP) is 3.38. The van der Waals surface area contributed by atoms with E-state index in [-0.39, 0.29) is 11.3 Å². The van der Waals surface area contributed by atoms with Crippen LogP contribution in [0.4, 0.5) is 10.1 Å². The molecule has 0 saturated carbocycles. The van der Waals surface area contributed by atoms with Crippen molar-refractivity contribution in [3.63, 3.8) is 0 Å². The van der Waals surface area contributed by atoms with Gasteiger partial charge in [-0.05, 0) is 31.0 Å². The Hall–Kier alpha value is -3.62. The fourth-order valence-corrected chi connectivity index (χ4v) is 4.48. The quantitative estimate of drug-likeness (QED) is 0.550. The van der Waals surface area contributed by atoms with Crippen molar-refractivity contribution in [1.82, 2.24) is 29.4 Å². The summed E-state index contributed by atoms with van der Waals surface area (Å²) in [6.07, 6.45) is 5.75. The molecule has 8 nitrogen and oxygen atoms in total. The number of hydrogen-bond donors (Lipinski definition) is 1. The Morgan fingerprint density at radius 3 is 2.74 bits per heavy atom. The van der Waals surface area contributed by atoms with Crippen LogP contribution in [0.1, 0.15) is 43.0 Å². The van der Waals surface area contributed by atoms with Crippen LogP contribution in [0.3, 0.4) is 0 Å². The lowest BCUT2D eigenvalue weighted by Gasteiger charge is -2.19. The van der Waals surface area contributed by atoms with Crippen LogP contribution in [0.25, 0.3) is 17.0 Å². The number of pyridine rings is 1. The summed E-state index contributed by atoms with van der Waals surface area (Å²) in [5.74, 6) is -1.14. The highest BCUT2D eigenvalue weighted by Crippen LogP contribution is 2.45. The molecule has 4 aromatic heterocycles. The zero-order chi connectivity index (χ0) is 21.9. The van der Waals surface area contributed by atoms with Crippen LogP contribution in [-0.4, -0.2) is 35.3 Å². The average molecular weight is 419 g/mol. The van der Waals surface area contributed by atoms with Crippen LogP contribution in [-0.2, 0) is 17.3 Å². The summed E-state index contributed by atoms with van der Waals surface area (Å²) in [6, 6.07) is 5.08. The van der Waals surface area contributed by atoms with Gasteiger partial charge in [-0.3, -0.25) is 14.5 Å². The van der Waals surface area contributed by atoms with Gasteiger partial charge in [0.25, 0.3) is 0 Å². The van der Waals surface area contributed by atoms with E-state index in [0.29, 0.717) is 17.8 Å². The van der Waals surface area contributed by atoms with Crippen LogP contribution in [0.2, 0.25) is 0 Å². The first-order valence-electron chi connectivity index (χ1n) is 10.0. The first-order chi connectivity index (χ1) is 14.7. The molecule has 0 aromatic carbocycles. The SMILES string of the molecule is Cc1cc(NC(=O)C2CC(C)(C)c3c2cnc2cc(F)nn32)cnc1-c1ccn(C)n1. The Kier molecular flexibility index (Phi) is 4.18. The topological polar surface area (TPSA) is 90.0 Å². The molecular weight excluding hydrogens is 397 g/mol. The maximum absolute atomic E-state index is 13.7. The van der Waals surface area contributed by atoms with E-state index in [1.807, 2.05) is 46.1 Å². The molecule has 5 rings (SSSR count). The van der Waals surface area contributed by atoms with E-state index in [1.54, 1.807) is 17.1 Å². The van der Waals surface area contributed by atoms with Crippen molar-refractivity contribution in [1.29, 1.82) is 0 Å². The number of aromatic nitrogens is 6. The molecule has 0 fully saturated rings. The minimum Gasteiger partial charge on any atom is -0.324 e. The molecule has 0 saturated heterocycles. The van der Waals surface area contributed by atoms with Gasteiger partial charge in [0.1, 0.15) is 5.69 Å². The molecule has 0 spiro atoms. The second-order valence-electron chi connectivity index (χ2n) is 8.69. The largest absolute Gasteiger partial charge is 0.324 e. The summed E-state index contributed by atoms with van der Waals surface area (Å²) in [5, 5.41) is 11.3. The van der Waals surface area contributed by atoms with Crippen molar-refractivity contribution < 1.29 is 9.18 Å². The molecule has 1 aliphatic carbocycles. The summed E-state index contributed by atoms with van der Waals surface area (Å²) in [5.41, 5.74) is 4.77. The monoisotopic (exact) mass is 419 g/mol.